The maximum absolute atomic E-state index is 14.3. The van der Waals surface area contributed by atoms with Crippen molar-refractivity contribution in [3.05, 3.63) is 101 Å². The summed E-state index contributed by atoms with van der Waals surface area (Å²) in [6, 6.07) is 17.2. The number of para-hydroxylation sites is 1. The Morgan fingerprint density at radius 2 is 1.61 bits per heavy atom. The summed E-state index contributed by atoms with van der Waals surface area (Å²) in [5, 5.41) is 20.4. The number of amides is 1. The minimum Gasteiger partial charge on any atom is -0.508 e. The molecule has 0 saturated heterocycles. The predicted molar refractivity (Wildman–Crippen MR) is 114 cm³/mol. The van der Waals surface area contributed by atoms with Crippen molar-refractivity contribution in [2.24, 2.45) is 11.6 Å². The number of hydrogen-bond donors (Lipinski definition) is 5. The summed E-state index contributed by atoms with van der Waals surface area (Å²) in [6.45, 7) is 0. The number of rotatable bonds is 5. The molecule has 0 radical (unpaired) electrons. The SMILES string of the molecule is N=C(NC(=O)/C(N)=C(\c1ccccc1)N(N)c1ccccc1F)c1ccc(O)cc1F. The molecule has 0 aliphatic rings. The van der Waals surface area contributed by atoms with E-state index in [1.54, 1.807) is 36.4 Å². The van der Waals surface area contributed by atoms with Crippen LogP contribution in [0.2, 0.25) is 0 Å². The molecule has 0 unspecified atom stereocenters. The Hall–Kier alpha value is -4.24. The van der Waals surface area contributed by atoms with Crippen LogP contribution in [0.25, 0.3) is 5.70 Å². The molecule has 0 aliphatic heterocycles. The number of carbonyl (C=O) groups is 1. The number of nitrogens with two attached hydrogens (primary N) is 2. The number of nitrogens with zero attached hydrogens (tertiary/aromatic N) is 1. The minimum atomic E-state index is -0.942. The first kappa shape index (κ1) is 21.5. The largest absolute Gasteiger partial charge is 0.508 e. The van der Waals surface area contributed by atoms with Gasteiger partial charge in [0, 0.05) is 11.6 Å². The molecule has 0 aliphatic carbocycles. The average molecular weight is 423 g/mol. The fourth-order valence-corrected chi connectivity index (χ4v) is 2.85. The maximum Gasteiger partial charge on any atom is 0.274 e. The molecule has 31 heavy (non-hydrogen) atoms. The monoisotopic (exact) mass is 423 g/mol. The first-order valence-electron chi connectivity index (χ1n) is 9.03. The molecule has 3 aromatic carbocycles. The second-order valence-electron chi connectivity index (χ2n) is 6.44. The van der Waals surface area contributed by atoms with Gasteiger partial charge in [0.1, 0.15) is 28.9 Å². The van der Waals surface area contributed by atoms with Gasteiger partial charge in [0.25, 0.3) is 5.91 Å². The van der Waals surface area contributed by atoms with Crippen molar-refractivity contribution in [3.63, 3.8) is 0 Å². The molecule has 0 bridgehead atoms. The third-order valence-electron chi connectivity index (χ3n) is 4.36. The first-order valence-corrected chi connectivity index (χ1v) is 9.03. The van der Waals surface area contributed by atoms with Crippen LogP contribution in [0.15, 0.2) is 78.5 Å². The Bertz CT molecular complexity index is 1170. The van der Waals surface area contributed by atoms with Crippen LogP contribution in [0.3, 0.4) is 0 Å². The smallest absolute Gasteiger partial charge is 0.274 e. The number of phenols is 1. The molecule has 0 saturated carbocycles. The Balaban J connectivity index is 2.00. The van der Waals surface area contributed by atoms with E-state index in [0.29, 0.717) is 5.56 Å². The lowest BCUT2D eigenvalue weighted by Gasteiger charge is -2.24. The van der Waals surface area contributed by atoms with Gasteiger partial charge in [-0.1, -0.05) is 42.5 Å². The summed E-state index contributed by atoms with van der Waals surface area (Å²) in [7, 11) is 0. The number of nitrogens with one attached hydrogen (secondary N) is 2. The molecule has 0 heterocycles. The van der Waals surface area contributed by atoms with E-state index in [0.717, 1.165) is 17.1 Å². The summed E-state index contributed by atoms with van der Waals surface area (Å²) >= 11 is 0. The number of halogens is 2. The summed E-state index contributed by atoms with van der Waals surface area (Å²) in [6.07, 6.45) is 0. The number of aromatic hydroxyl groups is 1. The lowest BCUT2D eigenvalue weighted by atomic mass is 10.1. The van der Waals surface area contributed by atoms with Crippen molar-refractivity contribution >= 4 is 23.1 Å². The predicted octanol–water partition coefficient (Wildman–Crippen LogP) is 2.82. The van der Waals surface area contributed by atoms with E-state index in [2.05, 4.69) is 5.32 Å². The van der Waals surface area contributed by atoms with Gasteiger partial charge in [0.2, 0.25) is 0 Å². The fraction of sp³-hybridized carbons (Fsp3) is 0. The van der Waals surface area contributed by atoms with Crippen LogP contribution in [0.5, 0.6) is 5.75 Å². The Morgan fingerprint density at radius 1 is 0.968 bits per heavy atom. The summed E-state index contributed by atoms with van der Waals surface area (Å²) < 4.78 is 28.3. The molecule has 3 aromatic rings. The molecule has 3 rings (SSSR count). The fourth-order valence-electron chi connectivity index (χ4n) is 2.85. The molecule has 0 aromatic heterocycles. The maximum atomic E-state index is 14.3. The number of benzene rings is 3. The zero-order valence-electron chi connectivity index (χ0n) is 16.1. The van der Waals surface area contributed by atoms with Gasteiger partial charge in [-0.25, -0.2) is 14.6 Å². The van der Waals surface area contributed by atoms with Gasteiger partial charge in [-0.2, -0.15) is 0 Å². The van der Waals surface area contributed by atoms with Crippen LogP contribution in [0.4, 0.5) is 14.5 Å². The number of hydrogen-bond acceptors (Lipinski definition) is 6. The number of amidine groups is 1. The highest BCUT2D eigenvalue weighted by molar-refractivity contribution is 6.14. The van der Waals surface area contributed by atoms with Crippen molar-refractivity contribution in [2.45, 2.75) is 0 Å². The molecule has 7 nitrogen and oxygen atoms in total. The summed E-state index contributed by atoms with van der Waals surface area (Å²) in [5.41, 5.74) is 5.77. The van der Waals surface area contributed by atoms with Crippen molar-refractivity contribution < 1.29 is 18.7 Å². The van der Waals surface area contributed by atoms with E-state index in [1.165, 1.54) is 24.3 Å². The summed E-state index contributed by atoms with van der Waals surface area (Å²) in [4.78, 5) is 12.8. The second-order valence-corrected chi connectivity index (χ2v) is 6.44. The Labute approximate surface area is 176 Å². The van der Waals surface area contributed by atoms with E-state index in [4.69, 9.17) is 17.0 Å². The molecular weight excluding hydrogens is 404 g/mol. The highest BCUT2D eigenvalue weighted by Gasteiger charge is 2.22. The number of anilines is 1. The first-order chi connectivity index (χ1) is 14.8. The quantitative estimate of drug-likeness (QED) is 0.142. The van der Waals surface area contributed by atoms with Crippen molar-refractivity contribution in [1.29, 1.82) is 5.41 Å². The highest BCUT2D eigenvalue weighted by atomic mass is 19.1. The van der Waals surface area contributed by atoms with Gasteiger partial charge in [-0.15, -0.1) is 0 Å². The van der Waals surface area contributed by atoms with E-state index in [1.807, 2.05) is 0 Å². The topological polar surface area (TPSA) is 128 Å². The van der Waals surface area contributed by atoms with Gasteiger partial charge in [-0.05, 0) is 24.3 Å². The molecule has 1 amide bonds. The van der Waals surface area contributed by atoms with Gasteiger partial charge in [0.15, 0.2) is 0 Å². The molecule has 9 heteroatoms. The molecule has 158 valence electrons. The van der Waals surface area contributed by atoms with Gasteiger partial charge >= 0.3 is 0 Å². The van der Waals surface area contributed by atoms with Crippen LogP contribution in [-0.2, 0) is 4.79 Å². The molecule has 0 atom stereocenters. The standard InChI is InChI=1S/C22H19F2N5O2/c23-16-8-4-5-9-18(16)29(27)20(13-6-2-1-3-7-13)19(25)22(31)28-21(26)15-11-10-14(30)12-17(15)24/h1-12,30H,25,27H2,(H2,26,28,31)/b20-19-. The lowest BCUT2D eigenvalue weighted by molar-refractivity contribution is -0.116. The number of hydrazine groups is 1. The van der Waals surface area contributed by atoms with Crippen LogP contribution in [0, 0.1) is 17.0 Å². The van der Waals surface area contributed by atoms with E-state index < -0.39 is 29.1 Å². The van der Waals surface area contributed by atoms with Crippen molar-refractivity contribution in [2.75, 3.05) is 5.01 Å². The van der Waals surface area contributed by atoms with Crippen LogP contribution < -0.4 is 21.9 Å². The van der Waals surface area contributed by atoms with Crippen molar-refractivity contribution in [1.82, 2.24) is 5.32 Å². The number of phenolic OH excluding ortho intramolecular Hbond substituents is 1. The zero-order chi connectivity index (χ0) is 22.5. The Morgan fingerprint density at radius 3 is 2.26 bits per heavy atom. The van der Waals surface area contributed by atoms with Crippen molar-refractivity contribution in [3.8, 4) is 5.75 Å². The zero-order valence-corrected chi connectivity index (χ0v) is 16.1. The molecular formula is C22H19F2N5O2. The molecule has 7 N–H and O–H groups in total. The van der Waals surface area contributed by atoms with Crippen LogP contribution >= 0.6 is 0 Å². The Kier molecular flexibility index (Phi) is 6.27. The van der Waals surface area contributed by atoms with Crippen LogP contribution in [-0.4, -0.2) is 16.8 Å². The highest BCUT2D eigenvalue weighted by Crippen LogP contribution is 2.27. The third kappa shape index (κ3) is 4.68. The third-order valence-corrected chi connectivity index (χ3v) is 4.36. The van der Waals surface area contributed by atoms with E-state index in [9.17, 15) is 18.7 Å². The van der Waals surface area contributed by atoms with Crippen LogP contribution in [0.1, 0.15) is 11.1 Å². The minimum absolute atomic E-state index is 0.0119. The van der Waals surface area contributed by atoms with Gasteiger partial charge in [0.05, 0.1) is 16.9 Å². The van der Waals surface area contributed by atoms with E-state index in [-0.39, 0.29) is 22.7 Å². The normalized spacial score (nSPS) is 11.5. The van der Waals surface area contributed by atoms with Gasteiger partial charge < -0.3 is 16.2 Å². The second kappa shape index (κ2) is 9.06. The van der Waals surface area contributed by atoms with E-state index >= 15 is 0 Å². The molecule has 0 spiro atoms. The number of carbonyl (C=O) groups excluding carboxylic acids is 1. The molecule has 0 fully saturated rings. The summed E-state index contributed by atoms with van der Waals surface area (Å²) in [5.74, 6) is 2.75. The lowest BCUT2D eigenvalue weighted by Crippen LogP contribution is -2.39. The average Bonchev–Trinajstić information content (AvgIpc) is 2.74. The van der Waals surface area contributed by atoms with Gasteiger partial charge in [-0.3, -0.25) is 15.2 Å².